The average Bonchev–Trinajstić information content (AvgIpc) is 2.89. The van der Waals surface area contributed by atoms with E-state index in [1.807, 2.05) is 42.5 Å². The number of hydrogen-bond acceptors (Lipinski definition) is 6. The minimum Gasteiger partial charge on any atom is -0.493 e. The Balaban J connectivity index is 1.56. The third-order valence-corrected chi connectivity index (χ3v) is 7.74. The zero-order valence-electron chi connectivity index (χ0n) is 20.6. The van der Waals surface area contributed by atoms with E-state index in [1.54, 1.807) is 12.0 Å². The fourth-order valence-electron chi connectivity index (χ4n) is 5.60. The van der Waals surface area contributed by atoms with Gasteiger partial charge in [0, 0.05) is 45.8 Å². The standard InChI is InChI=1S/C29H28BrNO6/c1-36-25-14-18(10-13-24(25)37-16-17-8-11-19(30)12-9-17)27-28-20(4-2-6-22(28)32)31(15-26(34)35)21-5-3-7-23(33)29(21)27/h8-14,27H,2-7,15-16H2,1H3,(H,34,35). The molecule has 0 radical (unpaired) electrons. The molecule has 5 rings (SSSR count). The third-order valence-electron chi connectivity index (χ3n) is 7.21. The van der Waals surface area contributed by atoms with Crippen LogP contribution in [0.3, 0.4) is 0 Å². The Bertz CT molecular complexity index is 1280. The summed E-state index contributed by atoms with van der Waals surface area (Å²) in [6.07, 6.45) is 3.34. The molecule has 1 heterocycles. The van der Waals surface area contributed by atoms with E-state index in [2.05, 4.69) is 15.9 Å². The lowest BCUT2D eigenvalue weighted by Gasteiger charge is -2.43. The van der Waals surface area contributed by atoms with E-state index in [9.17, 15) is 19.5 Å². The van der Waals surface area contributed by atoms with Gasteiger partial charge < -0.3 is 19.5 Å². The number of halogens is 1. The molecule has 2 aromatic rings. The van der Waals surface area contributed by atoms with E-state index in [0.717, 1.165) is 27.0 Å². The van der Waals surface area contributed by atoms with Gasteiger partial charge in [0.15, 0.2) is 23.1 Å². The van der Waals surface area contributed by atoms with Crippen molar-refractivity contribution in [3.8, 4) is 11.5 Å². The second-order valence-corrected chi connectivity index (χ2v) is 10.4. The van der Waals surface area contributed by atoms with Crippen LogP contribution >= 0.6 is 15.9 Å². The van der Waals surface area contributed by atoms with Crippen molar-refractivity contribution in [1.29, 1.82) is 0 Å². The van der Waals surface area contributed by atoms with Gasteiger partial charge in [0.05, 0.1) is 7.11 Å². The summed E-state index contributed by atoms with van der Waals surface area (Å²) in [6.45, 7) is 0.106. The van der Waals surface area contributed by atoms with Crippen LogP contribution in [0.15, 0.2) is 69.5 Å². The molecule has 192 valence electrons. The van der Waals surface area contributed by atoms with Gasteiger partial charge in [-0.2, -0.15) is 0 Å². The topological polar surface area (TPSA) is 93.1 Å². The second-order valence-electron chi connectivity index (χ2n) is 9.51. The number of aliphatic carboxylic acids is 1. The monoisotopic (exact) mass is 565 g/mol. The minimum atomic E-state index is -0.984. The van der Waals surface area contributed by atoms with E-state index in [1.165, 1.54) is 0 Å². The van der Waals surface area contributed by atoms with Crippen molar-refractivity contribution in [2.24, 2.45) is 0 Å². The number of hydrogen-bond donors (Lipinski definition) is 1. The summed E-state index contributed by atoms with van der Waals surface area (Å²) >= 11 is 3.43. The van der Waals surface area contributed by atoms with Crippen LogP contribution in [-0.2, 0) is 21.0 Å². The summed E-state index contributed by atoms with van der Waals surface area (Å²) in [5.74, 6) is -0.501. The van der Waals surface area contributed by atoms with Crippen LogP contribution in [0.4, 0.5) is 0 Å². The Labute approximate surface area is 223 Å². The summed E-state index contributed by atoms with van der Waals surface area (Å²) in [5.41, 5.74) is 4.36. The molecule has 2 aliphatic carbocycles. The van der Waals surface area contributed by atoms with Gasteiger partial charge in [-0.25, -0.2) is 0 Å². The van der Waals surface area contributed by atoms with E-state index in [4.69, 9.17) is 9.47 Å². The molecule has 0 amide bonds. The zero-order valence-corrected chi connectivity index (χ0v) is 22.2. The first-order valence-electron chi connectivity index (χ1n) is 12.4. The average molecular weight is 566 g/mol. The van der Waals surface area contributed by atoms with Crippen LogP contribution in [-0.4, -0.2) is 41.2 Å². The van der Waals surface area contributed by atoms with Gasteiger partial charge in [0.2, 0.25) is 0 Å². The Morgan fingerprint density at radius 3 is 2.14 bits per heavy atom. The molecule has 3 aliphatic rings. The maximum absolute atomic E-state index is 13.3. The highest BCUT2D eigenvalue weighted by atomic mass is 79.9. The van der Waals surface area contributed by atoms with Crippen molar-refractivity contribution in [2.45, 2.75) is 51.0 Å². The van der Waals surface area contributed by atoms with Crippen molar-refractivity contribution in [2.75, 3.05) is 13.7 Å². The molecule has 0 spiro atoms. The maximum Gasteiger partial charge on any atom is 0.323 e. The van der Waals surface area contributed by atoms with Crippen molar-refractivity contribution < 1.29 is 29.0 Å². The van der Waals surface area contributed by atoms with Crippen LogP contribution in [0, 0.1) is 0 Å². The van der Waals surface area contributed by atoms with Gasteiger partial charge in [-0.05, 0) is 61.1 Å². The van der Waals surface area contributed by atoms with Crippen molar-refractivity contribution >= 4 is 33.5 Å². The Hall–Kier alpha value is -3.39. The summed E-state index contributed by atoms with van der Waals surface area (Å²) in [6, 6.07) is 13.4. The van der Waals surface area contributed by atoms with Crippen LogP contribution in [0.25, 0.3) is 0 Å². The molecule has 8 heteroatoms. The molecule has 0 atom stereocenters. The van der Waals surface area contributed by atoms with Gasteiger partial charge in [0.1, 0.15) is 13.2 Å². The number of ketones is 2. The Morgan fingerprint density at radius 1 is 0.946 bits per heavy atom. The molecular formula is C29H28BrNO6. The van der Waals surface area contributed by atoms with Gasteiger partial charge in [-0.15, -0.1) is 0 Å². The largest absolute Gasteiger partial charge is 0.493 e. The maximum atomic E-state index is 13.3. The van der Waals surface area contributed by atoms with Gasteiger partial charge in [-0.1, -0.05) is 34.1 Å². The summed E-state index contributed by atoms with van der Waals surface area (Å²) in [4.78, 5) is 40.1. The fraction of sp³-hybridized carbons (Fsp3) is 0.345. The first-order valence-corrected chi connectivity index (χ1v) is 13.2. The molecule has 37 heavy (non-hydrogen) atoms. The fourth-order valence-corrected chi connectivity index (χ4v) is 5.86. The quantitative estimate of drug-likeness (QED) is 0.471. The highest BCUT2D eigenvalue weighted by molar-refractivity contribution is 9.10. The summed E-state index contributed by atoms with van der Waals surface area (Å²) < 4.78 is 12.7. The number of ether oxygens (including phenoxy) is 2. The van der Waals surface area contributed by atoms with Crippen molar-refractivity contribution in [3.05, 3.63) is 80.6 Å². The predicted molar refractivity (Wildman–Crippen MR) is 140 cm³/mol. The first kappa shape index (κ1) is 25.3. The molecule has 0 unspecified atom stereocenters. The van der Waals surface area contributed by atoms with E-state index in [-0.39, 0.29) is 18.1 Å². The Morgan fingerprint density at radius 2 is 1.57 bits per heavy atom. The summed E-state index contributed by atoms with van der Waals surface area (Å²) in [5, 5.41) is 9.62. The lowest BCUT2D eigenvalue weighted by molar-refractivity contribution is -0.138. The van der Waals surface area contributed by atoms with Gasteiger partial charge in [0.25, 0.3) is 0 Å². The van der Waals surface area contributed by atoms with Crippen molar-refractivity contribution in [3.63, 3.8) is 0 Å². The van der Waals surface area contributed by atoms with Gasteiger partial charge in [-0.3, -0.25) is 14.4 Å². The number of carboxylic acids is 1. The molecule has 1 N–H and O–H groups in total. The predicted octanol–water partition coefficient (Wildman–Crippen LogP) is 5.53. The molecule has 0 bridgehead atoms. The van der Waals surface area contributed by atoms with Crippen LogP contribution in [0.2, 0.25) is 0 Å². The van der Waals surface area contributed by atoms with E-state index < -0.39 is 11.9 Å². The van der Waals surface area contributed by atoms with Gasteiger partial charge >= 0.3 is 5.97 Å². The SMILES string of the molecule is COc1cc(C2C3=C(CCCC3=O)N(CC(=O)O)C3=C2C(=O)CCC3)ccc1OCc1ccc(Br)cc1. The number of carbonyl (C=O) groups is 3. The molecule has 0 saturated carbocycles. The number of rotatable bonds is 7. The molecule has 0 aromatic heterocycles. The first-order chi connectivity index (χ1) is 17.9. The number of benzene rings is 2. The number of carbonyl (C=O) groups excluding carboxylic acids is 2. The smallest absolute Gasteiger partial charge is 0.323 e. The lowest BCUT2D eigenvalue weighted by atomic mass is 9.71. The number of Topliss-reactive ketones (excluding diaryl/α,β-unsaturated/α-hetero) is 2. The summed E-state index contributed by atoms with van der Waals surface area (Å²) in [7, 11) is 1.56. The molecule has 1 aliphatic heterocycles. The minimum absolute atomic E-state index is 0.0268. The van der Waals surface area contributed by atoms with Crippen LogP contribution in [0.5, 0.6) is 11.5 Å². The molecule has 0 fully saturated rings. The number of methoxy groups -OCH3 is 1. The number of allylic oxidation sites excluding steroid dienone is 4. The highest BCUT2D eigenvalue weighted by Crippen LogP contribution is 2.50. The van der Waals surface area contributed by atoms with E-state index >= 15 is 0 Å². The molecule has 2 aromatic carbocycles. The molecular weight excluding hydrogens is 538 g/mol. The van der Waals surface area contributed by atoms with E-state index in [0.29, 0.717) is 67.8 Å². The number of nitrogens with zero attached hydrogens (tertiary/aromatic N) is 1. The zero-order chi connectivity index (χ0) is 26.1. The van der Waals surface area contributed by atoms with Crippen molar-refractivity contribution in [1.82, 2.24) is 4.90 Å². The highest BCUT2D eigenvalue weighted by Gasteiger charge is 2.43. The lowest BCUT2D eigenvalue weighted by Crippen LogP contribution is -2.41. The molecule has 7 nitrogen and oxygen atoms in total. The number of carboxylic acid groups (broad SMARTS) is 1. The van der Waals surface area contributed by atoms with Crippen LogP contribution < -0.4 is 9.47 Å². The normalized spacial score (nSPS) is 18.1. The third kappa shape index (κ3) is 4.94. The van der Waals surface area contributed by atoms with Crippen LogP contribution in [0.1, 0.15) is 55.6 Å². The second kappa shape index (κ2) is 10.5. The Kier molecular flexibility index (Phi) is 7.20. The molecule has 0 saturated heterocycles.